The third-order valence-corrected chi connectivity index (χ3v) is 32.1. The Morgan fingerprint density at radius 2 is 0.697 bits per heavy atom. The van der Waals surface area contributed by atoms with Gasteiger partial charge in [-0.15, -0.1) is 177 Å². The molecule has 11 rings (SSSR count). The molecule has 122 heavy (non-hydrogen) atoms. The van der Waals surface area contributed by atoms with Crippen molar-refractivity contribution in [2.75, 3.05) is 0 Å². The molecule has 1 aliphatic rings. The van der Waals surface area contributed by atoms with Gasteiger partial charge >= 0.3 is 0 Å². The summed E-state index contributed by atoms with van der Waals surface area (Å²) in [6.45, 7) is 72.6. The van der Waals surface area contributed by atoms with E-state index in [1.807, 2.05) is 56.6 Å². The molecule has 0 amide bonds. The van der Waals surface area contributed by atoms with Crippen molar-refractivity contribution in [3.8, 4) is 56.3 Å². The van der Waals surface area contributed by atoms with Crippen molar-refractivity contribution in [1.82, 2.24) is 24.9 Å². The van der Waals surface area contributed by atoms with Gasteiger partial charge in [0, 0.05) is 141 Å². The molecule has 1 aliphatic carbocycles. The predicted molar refractivity (Wildman–Crippen MR) is 528 cm³/mol. The van der Waals surface area contributed by atoms with E-state index >= 15 is 0 Å². The Balaban J connectivity index is 0.000000541. The molecule has 0 atom stereocenters. The number of benzene rings is 5. The van der Waals surface area contributed by atoms with Crippen molar-refractivity contribution >= 4 is 66.3 Å². The number of rotatable bonds is 16. The average molecular weight is 2620 g/mol. The van der Waals surface area contributed by atoms with Gasteiger partial charge in [0.15, 0.2) is 0 Å². The fourth-order valence-electron chi connectivity index (χ4n) is 14.9. The SMILES string of the molecule is CC(C)(C)Cc1cc(-c2[c-]ccc(C(C)(C)C)c2)ncc1[Si](C)(C)C.CC(C)Cc1cc(-c2[c-]ccc(C(C)(C)C)c2)ncc1[Si](C)(C)C.[2H]C(C)(C)c1cc(-c2[c-]ccc(C(C)(C)C)c2)ncc1[Si](C)(C)C.[2H]C([2H])([2H])c1cc(-c2[c-]ccc(C(C)(C)C)c2)ncc1[Si](C)(C)C.[2H]C([2H])([2H])c1ccc[c-]c1-c1cc(CC2CCCCC2)c([Si](C)(C)C)cn1.[Ir].[Ir].[Ir].[Ir].[Ir]. The van der Waals surface area contributed by atoms with E-state index in [4.69, 9.17) is 29.5 Å². The van der Waals surface area contributed by atoms with Crippen LogP contribution in [0.25, 0.3) is 56.3 Å². The quantitative estimate of drug-likeness (QED) is 0.0712. The van der Waals surface area contributed by atoms with Gasteiger partial charge in [-0.1, -0.05) is 327 Å². The maximum absolute atomic E-state index is 8.58. The van der Waals surface area contributed by atoms with Gasteiger partial charge in [0.2, 0.25) is 0 Å². The van der Waals surface area contributed by atoms with E-state index < -0.39 is 60.0 Å². The molecule has 5 heterocycles. The Kier molecular flexibility index (Phi) is 39.4. The molecule has 0 aliphatic heterocycles. The molecule has 1 saturated carbocycles. The molecule has 5 aromatic carbocycles. The molecular weight excluding hydrogens is 2460 g/mol. The van der Waals surface area contributed by atoms with E-state index in [2.05, 4.69) is 330 Å². The van der Waals surface area contributed by atoms with Gasteiger partial charge < -0.3 is 24.9 Å². The van der Waals surface area contributed by atoms with Crippen LogP contribution in [0.15, 0.2) is 152 Å². The molecule has 1 fully saturated rings. The van der Waals surface area contributed by atoms with Gasteiger partial charge in [-0.2, -0.15) is 0 Å². The normalized spacial score (nSPS) is 14.1. The fourth-order valence-corrected chi connectivity index (χ4v) is 22.6. The van der Waals surface area contributed by atoms with Gasteiger partial charge in [0.05, 0.1) is 40.4 Å². The van der Waals surface area contributed by atoms with Crippen LogP contribution in [0.5, 0.6) is 0 Å². The van der Waals surface area contributed by atoms with E-state index in [0.717, 1.165) is 81.0 Å². The zero-order valence-electron chi connectivity index (χ0n) is 87.6. The molecule has 0 spiro atoms. The summed E-state index contributed by atoms with van der Waals surface area (Å²) in [6, 6.07) is 57.4. The van der Waals surface area contributed by atoms with E-state index in [-0.39, 0.29) is 128 Å². The molecule has 675 valence electrons. The van der Waals surface area contributed by atoms with E-state index in [1.165, 1.54) is 91.8 Å². The van der Waals surface area contributed by atoms with Crippen molar-refractivity contribution < 1.29 is 110 Å². The van der Waals surface area contributed by atoms with E-state index in [0.29, 0.717) is 28.3 Å². The van der Waals surface area contributed by atoms with Crippen molar-refractivity contribution in [2.24, 2.45) is 17.3 Å². The largest absolute Gasteiger partial charge is 0.305 e. The number of hydrogen-bond donors (Lipinski definition) is 0. The predicted octanol–water partition coefficient (Wildman–Crippen LogP) is 27.3. The van der Waals surface area contributed by atoms with Gasteiger partial charge in [-0.05, 0) is 125 Å². The first-order chi connectivity index (χ1) is 56.5. The van der Waals surface area contributed by atoms with Crippen LogP contribution in [0.4, 0.5) is 0 Å². The standard InChI is InChI=1S/C23H34NSi.C22H30NSi.C22H32NSi.C21H30NSi.C19H26NSi.5Ir/c1-22(2,3)15-18-14-20(24-16-21(18)25(7,8)9)17-11-10-12-19(13-17)23(4,5)6;1-17-10-8-9-13-20(17)21-15-19(14-18-11-6-5-7-12-18)22(16-23-21)24(2,3)4;1-16(2)12-18-14-20(23-15-21(18)24(6,7)8)17-10-9-11-19(13-17)22(3,4)5;1-15(2)18-13-19(22-14-20(18)23(6,7)8)16-10-9-11-17(12-16)21(3,4)5;1-14-11-17(20-13-18(14)21(5,6)7)15-9-8-10-16(12-15)19(2,3)4;;;;;/h10,12-14,16H,15H2,1-9H3;8-10,15-16,18H,5-7,11-12,14H2,1-4H3;9,11,13-16H,12H2,1-8H3;9,11-15H,1-8H3;8,10-13H,1-7H3;;;;;/q5*-1;;;;;/i;1D3;;15D;1D3;;;;;. The molecule has 0 N–H and O–H groups in total. The van der Waals surface area contributed by atoms with Crippen LogP contribution in [0, 0.1) is 61.3 Å². The van der Waals surface area contributed by atoms with Crippen LogP contribution in [-0.4, -0.2) is 65.3 Å². The Bertz CT molecular complexity index is 5110. The minimum Gasteiger partial charge on any atom is -0.305 e. The Labute approximate surface area is 827 Å². The summed E-state index contributed by atoms with van der Waals surface area (Å²) in [6.07, 6.45) is 20.0. The zero-order chi connectivity index (χ0) is 93.5. The number of aryl methyl sites for hydroxylation is 2. The Morgan fingerprint density at radius 1 is 0.369 bits per heavy atom. The summed E-state index contributed by atoms with van der Waals surface area (Å²) in [5.74, 6) is 0.765. The summed E-state index contributed by atoms with van der Waals surface area (Å²) in [5.41, 5.74) is 21.1. The van der Waals surface area contributed by atoms with Crippen molar-refractivity contribution in [2.45, 2.75) is 322 Å². The molecule has 0 bridgehead atoms. The molecule has 5 aromatic heterocycles. The summed E-state index contributed by atoms with van der Waals surface area (Å²) < 4.78 is 55.9. The van der Waals surface area contributed by atoms with E-state index in [1.54, 1.807) is 30.5 Å². The molecular formula is C107H152Ir5N5Si5-5. The van der Waals surface area contributed by atoms with Crippen molar-refractivity contribution in [1.29, 1.82) is 0 Å². The number of aromatic nitrogens is 5. The van der Waals surface area contributed by atoms with Crippen LogP contribution < -0.4 is 25.9 Å². The third-order valence-electron chi connectivity index (χ3n) is 21.8. The van der Waals surface area contributed by atoms with Gasteiger partial charge in [-0.25, -0.2) is 0 Å². The van der Waals surface area contributed by atoms with Crippen LogP contribution in [-0.2, 0) is 141 Å². The first kappa shape index (κ1) is 102. The molecule has 5 radical (unpaired) electrons. The zero-order valence-corrected chi connectivity index (χ0v) is 97.6. The second kappa shape index (κ2) is 47.1. The minimum atomic E-state index is -2.16. The summed E-state index contributed by atoms with van der Waals surface area (Å²) >= 11 is 0. The van der Waals surface area contributed by atoms with Crippen molar-refractivity contribution in [3.63, 3.8) is 0 Å². The molecule has 15 heteroatoms. The fraction of sp³-hybridized carbons (Fsp3) is 0.486. The van der Waals surface area contributed by atoms with Crippen LogP contribution in [0.3, 0.4) is 0 Å². The maximum Gasteiger partial charge on any atom is 0.0799 e. The summed E-state index contributed by atoms with van der Waals surface area (Å²) in [5, 5.41) is 6.56. The third kappa shape index (κ3) is 34.6. The first-order valence-electron chi connectivity index (χ1n) is 46.6. The van der Waals surface area contributed by atoms with Gasteiger partial charge in [-0.3, -0.25) is 0 Å². The number of hydrogen-bond acceptors (Lipinski definition) is 5. The minimum absolute atomic E-state index is 0. The second-order valence-electron chi connectivity index (χ2n) is 44.1. The molecule has 5 nitrogen and oxygen atoms in total. The smallest absolute Gasteiger partial charge is 0.0799 e. The second-order valence-corrected chi connectivity index (χ2v) is 69.3. The number of pyridine rings is 5. The molecule has 0 unspecified atom stereocenters. The molecule has 10 aromatic rings. The average Bonchev–Trinajstić information content (AvgIpc) is 0.787. The monoisotopic (exact) mass is 2620 g/mol. The Hall–Kier alpha value is -3.82. The van der Waals surface area contributed by atoms with Crippen LogP contribution >= 0.6 is 0 Å². The maximum atomic E-state index is 8.58. The van der Waals surface area contributed by atoms with Crippen molar-refractivity contribution in [3.05, 3.63) is 238 Å². The number of nitrogens with zero attached hydrogens (tertiary/aromatic N) is 5. The summed E-state index contributed by atoms with van der Waals surface area (Å²) in [4.78, 5) is 23.6. The van der Waals surface area contributed by atoms with Gasteiger partial charge in [0.1, 0.15) is 0 Å². The molecule has 0 saturated heterocycles. The van der Waals surface area contributed by atoms with E-state index in [9.17, 15) is 0 Å². The van der Waals surface area contributed by atoms with Crippen LogP contribution in [0.1, 0.15) is 235 Å². The van der Waals surface area contributed by atoms with Gasteiger partial charge in [0.25, 0.3) is 0 Å². The topological polar surface area (TPSA) is 64.5 Å². The Morgan fingerprint density at radius 3 is 1.05 bits per heavy atom. The van der Waals surface area contributed by atoms with Crippen LogP contribution in [0.2, 0.25) is 98.2 Å². The summed E-state index contributed by atoms with van der Waals surface area (Å²) in [7, 11) is -7.65. The first-order valence-corrected chi connectivity index (χ1v) is 60.6.